The molecule has 29 heavy (non-hydrogen) atoms. The van der Waals surface area contributed by atoms with Gasteiger partial charge in [0.05, 0.1) is 26.3 Å². The van der Waals surface area contributed by atoms with E-state index in [0.29, 0.717) is 23.1 Å². The Labute approximate surface area is 194 Å². The molecule has 8 heteroatoms. The summed E-state index contributed by atoms with van der Waals surface area (Å²) in [7, 11) is 1.59. The average molecular weight is 534 g/mol. The number of benzene rings is 2. The summed E-state index contributed by atoms with van der Waals surface area (Å²) in [5.41, 5.74) is 2.07. The van der Waals surface area contributed by atoms with E-state index in [-0.39, 0.29) is 43.2 Å². The molecule has 6 nitrogen and oxygen atoms in total. The molecule has 3 N–H and O–H groups in total. The van der Waals surface area contributed by atoms with E-state index in [1.54, 1.807) is 7.11 Å². The molecule has 0 amide bonds. The summed E-state index contributed by atoms with van der Waals surface area (Å²) in [5.74, 6) is 1.94. The Bertz CT molecular complexity index is 790. The van der Waals surface area contributed by atoms with Crippen molar-refractivity contribution >= 4 is 41.5 Å². The maximum absolute atomic E-state index is 8.91. The molecule has 1 atom stereocenters. The summed E-state index contributed by atoms with van der Waals surface area (Å²) < 4.78 is 10.8. The zero-order valence-corrected chi connectivity index (χ0v) is 20.0. The van der Waals surface area contributed by atoms with Crippen molar-refractivity contribution in [2.24, 2.45) is 4.99 Å². The Morgan fingerprint density at radius 2 is 2.00 bits per heavy atom. The molecule has 0 aliphatic carbocycles. The second kappa shape index (κ2) is 13.5. The number of rotatable bonds is 9. The number of halogens is 2. The molecular formula is C21H29ClIN3O3. The number of nitrogens with zero attached hydrogens (tertiary/aromatic N) is 1. The van der Waals surface area contributed by atoms with Gasteiger partial charge in [0.25, 0.3) is 0 Å². The van der Waals surface area contributed by atoms with Crippen LogP contribution in [0, 0.1) is 0 Å². The molecule has 2 aromatic rings. The number of guanidine groups is 1. The molecule has 1 unspecified atom stereocenters. The largest absolute Gasteiger partial charge is 0.493 e. The van der Waals surface area contributed by atoms with Gasteiger partial charge < -0.3 is 25.2 Å². The van der Waals surface area contributed by atoms with E-state index >= 15 is 0 Å². The lowest BCUT2D eigenvalue weighted by Gasteiger charge is -2.18. The fraction of sp³-hybridized carbons (Fsp3) is 0.381. The van der Waals surface area contributed by atoms with Crippen LogP contribution in [0.15, 0.2) is 47.5 Å². The third-order valence-electron chi connectivity index (χ3n) is 4.04. The maximum Gasteiger partial charge on any atom is 0.192 e. The summed E-state index contributed by atoms with van der Waals surface area (Å²) in [6, 6.07) is 13.5. The number of methoxy groups -OCH3 is 1. The molecule has 0 fully saturated rings. The van der Waals surface area contributed by atoms with Crippen LogP contribution in [0.5, 0.6) is 11.5 Å². The minimum absolute atomic E-state index is 0. The molecule has 0 saturated carbocycles. The predicted octanol–water partition coefficient (Wildman–Crippen LogP) is 4.15. The number of hydrogen-bond acceptors (Lipinski definition) is 4. The van der Waals surface area contributed by atoms with Gasteiger partial charge in [-0.25, -0.2) is 4.99 Å². The highest BCUT2D eigenvalue weighted by molar-refractivity contribution is 14.0. The molecule has 2 aromatic carbocycles. The van der Waals surface area contributed by atoms with Gasteiger partial charge in [-0.3, -0.25) is 0 Å². The van der Waals surface area contributed by atoms with Crippen molar-refractivity contribution in [2.45, 2.75) is 26.4 Å². The Balaban J connectivity index is 0.00000420. The van der Waals surface area contributed by atoms with Crippen LogP contribution in [0.25, 0.3) is 0 Å². The SMILES string of the molecule is CCNC(=NCc1ccc(OCCO)c(OC)c1)NC(C)c1cccc(Cl)c1.I. The monoisotopic (exact) mass is 533 g/mol. The molecule has 0 bridgehead atoms. The van der Waals surface area contributed by atoms with Gasteiger partial charge in [0, 0.05) is 11.6 Å². The molecule has 0 aliphatic heterocycles. The minimum Gasteiger partial charge on any atom is -0.493 e. The van der Waals surface area contributed by atoms with Gasteiger partial charge >= 0.3 is 0 Å². The van der Waals surface area contributed by atoms with E-state index in [1.165, 1.54) is 0 Å². The van der Waals surface area contributed by atoms with E-state index in [2.05, 4.69) is 22.5 Å². The molecule has 0 saturated heterocycles. The normalized spacial score (nSPS) is 12.0. The number of hydrogen-bond donors (Lipinski definition) is 3. The third kappa shape index (κ3) is 8.28. The summed E-state index contributed by atoms with van der Waals surface area (Å²) >= 11 is 6.09. The fourth-order valence-electron chi connectivity index (χ4n) is 2.64. The van der Waals surface area contributed by atoms with Crippen LogP contribution in [0.3, 0.4) is 0 Å². The first-order valence-corrected chi connectivity index (χ1v) is 9.66. The number of aliphatic hydroxyl groups excluding tert-OH is 1. The van der Waals surface area contributed by atoms with Crippen LogP contribution >= 0.6 is 35.6 Å². The van der Waals surface area contributed by atoms with E-state index in [1.807, 2.05) is 49.4 Å². The second-order valence-corrected chi connectivity index (χ2v) is 6.61. The fourth-order valence-corrected chi connectivity index (χ4v) is 2.84. The number of aliphatic hydroxyl groups is 1. The van der Waals surface area contributed by atoms with Crippen LogP contribution in [0.1, 0.15) is 31.0 Å². The third-order valence-corrected chi connectivity index (χ3v) is 4.28. The number of nitrogens with one attached hydrogen (secondary N) is 2. The van der Waals surface area contributed by atoms with Crippen LogP contribution in [0.4, 0.5) is 0 Å². The Kier molecular flexibility index (Phi) is 11.8. The van der Waals surface area contributed by atoms with E-state index in [4.69, 9.17) is 26.2 Å². The molecule has 0 heterocycles. The highest BCUT2D eigenvalue weighted by atomic mass is 127. The molecule has 2 rings (SSSR count). The van der Waals surface area contributed by atoms with Gasteiger partial charge in [0.1, 0.15) is 6.61 Å². The highest BCUT2D eigenvalue weighted by Gasteiger charge is 2.09. The number of ether oxygens (including phenoxy) is 2. The van der Waals surface area contributed by atoms with E-state index in [0.717, 1.165) is 23.6 Å². The van der Waals surface area contributed by atoms with Crippen molar-refractivity contribution < 1.29 is 14.6 Å². The predicted molar refractivity (Wildman–Crippen MR) is 129 cm³/mol. The Morgan fingerprint density at radius 3 is 2.66 bits per heavy atom. The highest BCUT2D eigenvalue weighted by Crippen LogP contribution is 2.28. The van der Waals surface area contributed by atoms with Crippen molar-refractivity contribution in [1.29, 1.82) is 0 Å². The topological polar surface area (TPSA) is 75.1 Å². The maximum atomic E-state index is 8.91. The van der Waals surface area contributed by atoms with Gasteiger partial charge in [0.2, 0.25) is 0 Å². The molecule has 0 aromatic heterocycles. The van der Waals surface area contributed by atoms with Crippen molar-refractivity contribution in [3.8, 4) is 11.5 Å². The van der Waals surface area contributed by atoms with Crippen LogP contribution in [-0.4, -0.2) is 37.9 Å². The Hall–Kier alpha value is -1.71. The van der Waals surface area contributed by atoms with Crippen LogP contribution in [0.2, 0.25) is 5.02 Å². The molecule has 0 spiro atoms. The van der Waals surface area contributed by atoms with E-state index in [9.17, 15) is 0 Å². The van der Waals surface area contributed by atoms with Gasteiger partial charge in [-0.2, -0.15) is 0 Å². The van der Waals surface area contributed by atoms with Crippen molar-refractivity contribution in [3.05, 3.63) is 58.6 Å². The van der Waals surface area contributed by atoms with Gasteiger partial charge in [-0.1, -0.05) is 29.8 Å². The smallest absolute Gasteiger partial charge is 0.192 e. The zero-order chi connectivity index (χ0) is 20.4. The Morgan fingerprint density at radius 1 is 1.21 bits per heavy atom. The van der Waals surface area contributed by atoms with E-state index < -0.39 is 0 Å². The number of aliphatic imine (C=N–C) groups is 1. The van der Waals surface area contributed by atoms with Gasteiger partial charge in [-0.05, 0) is 49.2 Å². The first kappa shape index (κ1) is 25.3. The molecular weight excluding hydrogens is 505 g/mol. The summed E-state index contributed by atoms with van der Waals surface area (Å²) in [6.45, 7) is 5.51. The minimum atomic E-state index is -0.0439. The lowest BCUT2D eigenvalue weighted by molar-refractivity contribution is 0.196. The first-order valence-electron chi connectivity index (χ1n) is 9.28. The standard InChI is InChI=1S/C21H28ClN3O3.HI/c1-4-23-21(25-15(2)17-6-5-7-18(22)13-17)24-14-16-8-9-19(28-11-10-26)20(12-16)27-3;/h5-9,12-13,15,26H,4,10-11,14H2,1-3H3,(H2,23,24,25);1H. The average Bonchev–Trinajstić information content (AvgIpc) is 2.70. The summed E-state index contributed by atoms with van der Waals surface area (Å²) in [6.07, 6.45) is 0. The van der Waals surface area contributed by atoms with Crippen LogP contribution in [-0.2, 0) is 6.54 Å². The van der Waals surface area contributed by atoms with Crippen molar-refractivity contribution in [3.63, 3.8) is 0 Å². The lowest BCUT2D eigenvalue weighted by atomic mass is 10.1. The zero-order valence-electron chi connectivity index (χ0n) is 16.9. The molecule has 0 aliphatic rings. The summed E-state index contributed by atoms with van der Waals surface area (Å²) in [4.78, 5) is 4.66. The summed E-state index contributed by atoms with van der Waals surface area (Å²) in [5, 5.41) is 16.3. The van der Waals surface area contributed by atoms with Crippen molar-refractivity contribution in [2.75, 3.05) is 26.9 Å². The van der Waals surface area contributed by atoms with Gasteiger partial charge in [-0.15, -0.1) is 24.0 Å². The first-order chi connectivity index (χ1) is 13.6. The van der Waals surface area contributed by atoms with Crippen LogP contribution < -0.4 is 20.1 Å². The molecule has 160 valence electrons. The van der Waals surface area contributed by atoms with Crippen molar-refractivity contribution in [1.82, 2.24) is 10.6 Å². The quantitative estimate of drug-likeness (QED) is 0.257. The lowest BCUT2D eigenvalue weighted by Crippen LogP contribution is -2.38. The second-order valence-electron chi connectivity index (χ2n) is 6.17. The van der Waals surface area contributed by atoms with Gasteiger partial charge in [0.15, 0.2) is 17.5 Å². The molecule has 0 radical (unpaired) electrons.